The number of benzene rings is 1. The fourth-order valence-corrected chi connectivity index (χ4v) is 1.66. The smallest absolute Gasteiger partial charge is 0.217 e. The molecule has 0 atom stereocenters. The number of halogens is 5. The van der Waals surface area contributed by atoms with Crippen LogP contribution in [0.5, 0.6) is 5.75 Å². The zero-order chi connectivity index (χ0) is 10.2. The molecule has 1 nitrogen and oxygen atoms in total. The topological polar surface area (TPSA) is 20.2 Å². The third-order valence-corrected chi connectivity index (χ3v) is 2.27. The van der Waals surface area contributed by atoms with E-state index in [-0.39, 0.29) is 10.6 Å². The van der Waals surface area contributed by atoms with Crippen LogP contribution >= 0.6 is 46.4 Å². The average molecular weight is 264 g/mol. The third-order valence-electron chi connectivity index (χ3n) is 1.34. The molecule has 0 fully saturated rings. The lowest BCUT2D eigenvalue weighted by Gasteiger charge is -2.13. The quantitative estimate of drug-likeness (QED) is 0.702. The molecule has 0 saturated carbocycles. The first kappa shape index (κ1) is 11.2. The van der Waals surface area contributed by atoms with Gasteiger partial charge in [0.25, 0.3) is 0 Å². The molecular weight excluding hydrogens is 261 g/mol. The summed E-state index contributed by atoms with van der Waals surface area (Å²) < 4.78 is 10.9. The van der Waals surface area contributed by atoms with E-state index in [1.54, 1.807) is 0 Å². The molecule has 0 saturated heterocycles. The summed E-state index contributed by atoms with van der Waals surface area (Å²) in [5.74, 6) is -1.46. The Kier molecular flexibility index (Phi) is 3.18. The molecule has 0 radical (unpaired) electrons. The Bertz CT molecular complexity index is 334. The molecule has 0 heterocycles. The van der Waals surface area contributed by atoms with Crippen molar-refractivity contribution < 1.29 is 9.50 Å². The number of rotatable bonds is 0. The molecule has 72 valence electrons. The van der Waals surface area contributed by atoms with Gasteiger partial charge in [0.05, 0.1) is 5.02 Å². The highest BCUT2D eigenvalue weighted by atomic mass is 35.6. The van der Waals surface area contributed by atoms with Gasteiger partial charge in [0.1, 0.15) is 0 Å². The summed E-state index contributed by atoms with van der Waals surface area (Å²) in [5, 5.41) is 8.93. The highest BCUT2D eigenvalue weighted by Crippen LogP contribution is 2.43. The van der Waals surface area contributed by atoms with Gasteiger partial charge in [-0.25, -0.2) is 4.39 Å². The van der Waals surface area contributed by atoms with Gasteiger partial charge in [-0.15, -0.1) is 0 Å². The number of aromatic hydroxyl groups is 1. The molecule has 1 rings (SSSR count). The molecule has 0 aliphatic heterocycles. The standard InChI is InChI=1S/C7H3Cl4FO/c8-4-2-5(12)6(13)1-3(4)7(9,10)11/h1-2,13H. The third kappa shape index (κ3) is 2.53. The van der Waals surface area contributed by atoms with E-state index in [0.717, 1.165) is 12.1 Å². The minimum Gasteiger partial charge on any atom is -0.505 e. The Hall–Kier alpha value is 0.110. The van der Waals surface area contributed by atoms with Crippen molar-refractivity contribution in [2.45, 2.75) is 3.79 Å². The van der Waals surface area contributed by atoms with E-state index >= 15 is 0 Å². The van der Waals surface area contributed by atoms with Crippen molar-refractivity contribution in [3.05, 3.63) is 28.5 Å². The van der Waals surface area contributed by atoms with Crippen LogP contribution in [-0.2, 0) is 3.79 Å². The van der Waals surface area contributed by atoms with Gasteiger partial charge >= 0.3 is 0 Å². The lowest BCUT2D eigenvalue weighted by molar-refractivity contribution is 0.431. The lowest BCUT2D eigenvalue weighted by Crippen LogP contribution is -2.01. The second kappa shape index (κ2) is 3.70. The van der Waals surface area contributed by atoms with Crippen LogP contribution in [0.15, 0.2) is 12.1 Å². The zero-order valence-electron chi connectivity index (χ0n) is 5.99. The molecule has 0 aromatic heterocycles. The summed E-state index contributed by atoms with van der Waals surface area (Å²) in [7, 11) is 0. The molecule has 6 heteroatoms. The SMILES string of the molecule is Oc1cc(C(Cl)(Cl)Cl)c(Cl)cc1F. The van der Waals surface area contributed by atoms with Crippen molar-refractivity contribution in [3.63, 3.8) is 0 Å². The second-order valence-corrected chi connectivity index (χ2v) is 4.97. The maximum Gasteiger partial charge on any atom is 0.217 e. The molecule has 1 aromatic carbocycles. The first-order chi connectivity index (χ1) is 5.82. The van der Waals surface area contributed by atoms with Crippen molar-refractivity contribution in [1.29, 1.82) is 0 Å². The van der Waals surface area contributed by atoms with Crippen LogP contribution in [0.3, 0.4) is 0 Å². The highest BCUT2D eigenvalue weighted by molar-refractivity contribution is 6.67. The first-order valence-electron chi connectivity index (χ1n) is 3.07. The van der Waals surface area contributed by atoms with Crippen LogP contribution in [0.1, 0.15) is 5.56 Å². The Balaban J connectivity index is 3.32. The number of phenolic OH excluding ortho intramolecular Hbond substituents is 1. The van der Waals surface area contributed by atoms with Gasteiger partial charge in [-0.05, 0) is 12.1 Å². The van der Waals surface area contributed by atoms with Gasteiger partial charge in [-0.2, -0.15) is 0 Å². The van der Waals surface area contributed by atoms with E-state index in [1.807, 2.05) is 0 Å². The van der Waals surface area contributed by atoms with Crippen LogP contribution in [0, 0.1) is 5.82 Å². The van der Waals surface area contributed by atoms with Gasteiger partial charge in [0, 0.05) is 5.56 Å². The molecule has 0 bridgehead atoms. The molecule has 13 heavy (non-hydrogen) atoms. The highest BCUT2D eigenvalue weighted by Gasteiger charge is 2.27. The minimum absolute atomic E-state index is 0.0399. The minimum atomic E-state index is -1.78. The number of hydrogen-bond acceptors (Lipinski definition) is 1. The van der Waals surface area contributed by atoms with Gasteiger partial charge in [0.15, 0.2) is 11.6 Å². The van der Waals surface area contributed by atoms with Crippen LogP contribution < -0.4 is 0 Å². The van der Waals surface area contributed by atoms with Crippen molar-refractivity contribution in [2.24, 2.45) is 0 Å². The summed E-state index contributed by atoms with van der Waals surface area (Å²) in [5.41, 5.74) is 0.0399. The first-order valence-corrected chi connectivity index (χ1v) is 4.59. The van der Waals surface area contributed by atoms with Crippen LogP contribution in [0.25, 0.3) is 0 Å². The van der Waals surface area contributed by atoms with Crippen LogP contribution in [0.2, 0.25) is 5.02 Å². The molecule has 0 aliphatic carbocycles. The Morgan fingerprint density at radius 2 is 1.77 bits per heavy atom. The van der Waals surface area contributed by atoms with E-state index in [0.29, 0.717) is 0 Å². The predicted molar refractivity (Wildman–Crippen MR) is 52.3 cm³/mol. The molecule has 1 N–H and O–H groups in total. The summed E-state index contributed by atoms with van der Waals surface area (Å²) in [6.45, 7) is 0. The monoisotopic (exact) mass is 262 g/mol. The maximum atomic E-state index is 12.7. The van der Waals surface area contributed by atoms with Gasteiger partial charge in [-0.1, -0.05) is 46.4 Å². The fourth-order valence-electron chi connectivity index (χ4n) is 0.755. The average Bonchev–Trinajstić information content (AvgIpc) is 1.94. The lowest BCUT2D eigenvalue weighted by atomic mass is 10.2. The number of alkyl halides is 3. The van der Waals surface area contributed by atoms with E-state index in [1.165, 1.54) is 0 Å². The molecule has 0 amide bonds. The van der Waals surface area contributed by atoms with E-state index in [4.69, 9.17) is 51.5 Å². The van der Waals surface area contributed by atoms with Crippen LogP contribution in [-0.4, -0.2) is 5.11 Å². The van der Waals surface area contributed by atoms with Gasteiger partial charge < -0.3 is 5.11 Å². The van der Waals surface area contributed by atoms with Gasteiger partial charge in [-0.3, -0.25) is 0 Å². The Labute approximate surface area is 94.0 Å². The Morgan fingerprint density at radius 1 is 1.23 bits per heavy atom. The summed E-state index contributed by atoms with van der Waals surface area (Å²) >= 11 is 22.1. The number of phenols is 1. The van der Waals surface area contributed by atoms with Crippen molar-refractivity contribution in [1.82, 2.24) is 0 Å². The molecule has 0 spiro atoms. The molecule has 0 aliphatic rings. The van der Waals surface area contributed by atoms with E-state index in [2.05, 4.69) is 0 Å². The molecule has 0 unspecified atom stereocenters. The van der Waals surface area contributed by atoms with Crippen LogP contribution in [0.4, 0.5) is 4.39 Å². The largest absolute Gasteiger partial charge is 0.505 e. The van der Waals surface area contributed by atoms with Gasteiger partial charge in [0.2, 0.25) is 3.79 Å². The molecular formula is C7H3Cl4FO. The molecule has 1 aromatic rings. The van der Waals surface area contributed by atoms with E-state index in [9.17, 15) is 4.39 Å². The second-order valence-electron chi connectivity index (χ2n) is 2.28. The number of hydrogen-bond donors (Lipinski definition) is 1. The van der Waals surface area contributed by atoms with Crippen molar-refractivity contribution in [2.75, 3.05) is 0 Å². The normalized spacial score (nSPS) is 11.8. The zero-order valence-corrected chi connectivity index (χ0v) is 9.02. The Morgan fingerprint density at radius 3 is 2.23 bits per heavy atom. The fraction of sp³-hybridized carbons (Fsp3) is 0.143. The maximum absolute atomic E-state index is 12.7. The summed E-state index contributed by atoms with van der Waals surface area (Å²) in [4.78, 5) is 0. The summed E-state index contributed by atoms with van der Waals surface area (Å²) in [6.07, 6.45) is 0. The van der Waals surface area contributed by atoms with Crippen molar-refractivity contribution >= 4 is 46.4 Å². The summed E-state index contributed by atoms with van der Waals surface area (Å²) in [6, 6.07) is 1.86. The van der Waals surface area contributed by atoms with Crippen molar-refractivity contribution in [3.8, 4) is 5.75 Å². The predicted octanol–water partition coefficient (Wildman–Crippen LogP) is 4.01. The van der Waals surface area contributed by atoms with E-state index < -0.39 is 15.4 Å².